The standard InChI is InChI=1S/C44H42ClN7O3/c1-28-22-34(6-7-35(28)24-46-43(54)33-8-12-37(45)13-9-33)42-40-23-36(26-52(40)48-27-47-42)31-4-2-29(3-5-31)25-51-20-18-32(19-21-51)30-10-14-38(15-11-30)49-39-16-17-41(53)50-44(39)55/h2-15,22-23,26-27,32,39,49H,16-21,24-25H2,1H3,(H,46,54)(H,50,53,55). The number of fused-ring (bicyclic) bond motifs is 1. The van der Waals surface area contributed by atoms with Crippen LogP contribution in [0.15, 0.2) is 110 Å². The van der Waals surface area contributed by atoms with Crippen molar-refractivity contribution in [3.8, 4) is 22.4 Å². The Labute approximate surface area is 324 Å². The molecule has 11 heteroatoms. The van der Waals surface area contributed by atoms with E-state index < -0.39 is 0 Å². The molecule has 2 fully saturated rings. The fraction of sp³-hybridized carbons (Fsp3) is 0.250. The van der Waals surface area contributed by atoms with Crippen LogP contribution in [-0.2, 0) is 22.7 Å². The summed E-state index contributed by atoms with van der Waals surface area (Å²) >= 11 is 5.96. The third-order valence-electron chi connectivity index (χ3n) is 10.8. The molecule has 0 spiro atoms. The van der Waals surface area contributed by atoms with Crippen molar-refractivity contribution in [2.45, 2.75) is 57.7 Å². The Hall–Kier alpha value is -5.84. The van der Waals surface area contributed by atoms with Crippen molar-refractivity contribution in [2.75, 3.05) is 18.4 Å². The second-order valence-corrected chi connectivity index (χ2v) is 15.0. The molecule has 3 N–H and O–H groups in total. The van der Waals surface area contributed by atoms with Crippen molar-refractivity contribution in [2.24, 2.45) is 0 Å². The number of nitrogens with one attached hydrogen (secondary N) is 3. The normalized spacial score (nSPS) is 16.6. The molecule has 2 aliphatic rings. The predicted molar refractivity (Wildman–Crippen MR) is 215 cm³/mol. The molecule has 2 aliphatic heterocycles. The quantitative estimate of drug-likeness (QED) is 0.124. The average Bonchev–Trinajstić information content (AvgIpc) is 3.64. The summed E-state index contributed by atoms with van der Waals surface area (Å²) in [5, 5.41) is 13.8. The van der Waals surface area contributed by atoms with E-state index in [1.165, 1.54) is 11.1 Å². The lowest BCUT2D eigenvalue weighted by molar-refractivity contribution is -0.133. The van der Waals surface area contributed by atoms with Gasteiger partial charge in [-0.15, -0.1) is 0 Å². The van der Waals surface area contributed by atoms with Crippen molar-refractivity contribution in [3.05, 3.63) is 142 Å². The number of benzene rings is 4. The Balaban J connectivity index is 0.861. The summed E-state index contributed by atoms with van der Waals surface area (Å²) in [6, 6.07) is 32.1. The Bertz CT molecular complexity index is 2350. The molecule has 1 atom stereocenters. The lowest BCUT2D eigenvalue weighted by Gasteiger charge is -2.32. The number of piperidine rings is 2. The lowest BCUT2D eigenvalue weighted by atomic mass is 9.89. The summed E-state index contributed by atoms with van der Waals surface area (Å²) < 4.78 is 1.88. The van der Waals surface area contributed by atoms with E-state index in [2.05, 4.69) is 79.5 Å². The van der Waals surface area contributed by atoms with Crippen LogP contribution >= 0.6 is 11.6 Å². The highest BCUT2D eigenvalue weighted by molar-refractivity contribution is 6.30. The maximum atomic E-state index is 12.6. The molecule has 10 nitrogen and oxygen atoms in total. The van der Waals surface area contributed by atoms with Gasteiger partial charge < -0.3 is 10.6 Å². The van der Waals surface area contributed by atoms with E-state index in [-0.39, 0.29) is 23.8 Å². The second kappa shape index (κ2) is 15.9. The third-order valence-corrected chi connectivity index (χ3v) is 11.1. The zero-order valence-corrected chi connectivity index (χ0v) is 31.4. The highest BCUT2D eigenvalue weighted by Crippen LogP contribution is 2.32. The molecule has 0 aliphatic carbocycles. The Kier molecular flexibility index (Phi) is 10.4. The van der Waals surface area contributed by atoms with E-state index in [4.69, 9.17) is 11.6 Å². The van der Waals surface area contributed by atoms with Crippen molar-refractivity contribution in [1.29, 1.82) is 0 Å². The van der Waals surface area contributed by atoms with Crippen LogP contribution in [0.2, 0.25) is 5.02 Å². The molecule has 6 aromatic rings. The van der Waals surface area contributed by atoms with Gasteiger partial charge in [0.15, 0.2) is 0 Å². The number of hydrogen-bond acceptors (Lipinski definition) is 7. The van der Waals surface area contributed by atoms with Crippen LogP contribution in [0, 0.1) is 6.92 Å². The summed E-state index contributed by atoms with van der Waals surface area (Å²) in [6.07, 6.45) is 6.71. The zero-order valence-electron chi connectivity index (χ0n) is 30.6. The van der Waals surface area contributed by atoms with Gasteiger partial charge in [-0.3, -0.25) is 24.6 Å². The Morgan fingerprint density at radius 3 is 2.35 bits per heavy atom. The molecule has 4 heterocycles. The molecule has 1 unspecified atom stereocenters. The first-order chi connectivity index (χ1) is 26.8. The first kappa shape index (κ1) is 36.2. The average molecular weight is 752 g/mol. The molecule has 0 saturated carbocycles. The minimum atomic E-state index is -0.373. The fourth-order valence-electron chi connectivity index (χ4n) is 7.60. The van der Waals surface area contributed by atoms with Gasteiger partial charge in [0.2, 0.25) is 11.8 Å². The minimum Gasteiger partial charge on any atom is -0.374 e. The van der Waals surface area contributed by atoms with Crippen molar-refractivity contribution < 1.29 is 14.4 Å². The molecule has 0 bridgehead atoms. The number of aryl methyl sites for hydroxylation is 1. The summed E-state index contributed by atoms with van der Waals surface area (Å²) in [6.45, 7) is 5.44. The van der Waals surface area contributed by atoms with Gasteiger partial charge in [-0.2, -0.15) is 5.10 Å². The number of carbonyl (C=O) groups excluding carboxylic acids is 3. The Morgan fingerprint density at radius 1 is 0.873 bits per heavy atom. The largest absolute Gasteiger partial charge is 0.374 e. The number of anilines is 1. The number of aromatic nitrogens is 3. The molecule has 2 saturated heterocycles. The number of imide groups is 1. The van der Waals surface area contributed by atoms with E-state index in [1.807, 2.05) is 41.9 Å². The molecule has 2 aromatic heterocycles. The predicted octanol–water partition coefficient (Wildman–Crippen LogP) is 7.55. The van der Waals surface area contributed by atoms with Crippen molar-refractivity contribution in [1.82, 2.24) is 30.1 Å². The number of hydrogen-bond donors (Lipinski definition) is 3. The third kappa shape index (κ3) is 8.30. The van der Waals surface area contributed by atoms with Crippen LogP contribution < -0.4 is 16.0 Å². The van der Waals surface area contributed by atoms with E-state index >= 15 is 0 Å². The lowest BCUT2D eigenvalue weighted by Crippen LogP contribution is -2.47. The SMILES string of the molecule is Cc1cc(-c2ncnn3cc(-c4ccc(CN5CCC(c6ccc(NC7CCC(=O)NC7=O)cc6)CC5)cc4)cc23)ccc1CNC(=O)c1ccc(Cl)cc1. The van der Waals surface area contributed by atoms with Crippen LogP contribution in [0.1, 0.15) is 64.2 Å². The summed E-state index contributed by atoms with van der Waals surface area (Å²) in [5.41, 5.74) is 11.1. The van der Waals surface area contributed by atoms with Gasteiger partial charge in [-0.05, 0) is 122 Å². The van der Waals surface area contributed by atoms with Crippen molar-refractivity contribution >= 4 is 40.5 Å². The maximum absolute atomic E-state index is 12.6. The van der Waals surface area contributed by atoms with Gasteiger partial charge in [0.1, 0.15) is 12.4 Å². The smallest absolute Gasteiger partial charge is 0.251 e. The minimum absolute atomic E-state index is 0.143. The zero-order chi connectivity index (χ0) is 37.9. The fourth-order valence-corrected chi connectivity index (χ4v) is 7.73. The van der Waals surface area contributed by atoms with E-state index in [0.29, 0.717) is 35.9 Å². The highest BCUT2D eigenvalue weighted by atomic mass is 35.5. The molecule has 8 rings (SSSR count). The highest BCUT2D eigenvalue weighted by Gasteiger charge is 2.27. The van der Waals surface area contributed by atoms with Crippen molar-refractivity contribution in [3.63, 3.8) is 0 Å². The van der Waals surface area contributed by atoms with Gasteiger partial charge in [0, 0.05) is 53.1 Å². The van der Waals surface area contributed by atoms with Crippen LogP contribution in [0.25, 0.3) is 27.9 Å². The van der Waals surface area contributed by atoms with Gasteiger partial charge in [0.05, 0.1) is 11.2 Å². The first-order valence-electron chi connectivity index (χ1n) is 18.7. The number of rotatable bonds is 10. The topological polar surface area (TPSA) is 121 Å². The summed E-state index contributed by atoms with van der Waals surface area (Å²) in [5.74, 6) is -0.0902. The molecule has 0 radical (unpaired) electrons. The van der Waals surface area contributed by atoms with Crippen LogP contribution in [-0.4, -0.2) is 56.4 Å². The molecule has 4 aromatic carbocycles. The first-order valence-corrected chi connectivity index (χ1v) is 19.1. The van der Waals surface area contributed by atoms with Gasteiger partial charge in [-0.25, -0.2) is 9.50 Å². The monoisotopic (exact) mass is 751 g/mol. The van der Waals surface area contributed by atoms with Crippen LogP contribution in [0.3, 0.4) is 0 Å². The van der Waals surface area contributed by atoms with Gasteiger partial charge in [-0.1, -0.05) is 60.1 Å². The van der Waals surface area contributed by atoms with Gasteiger partial charge >= 0.3 is 0 Å². The molecule has 55 heavy (non-hydrogen) atoms. The number of amides is 3. The second-order valence-electron chi connectivity index (χ2n) is 14.5. The molecular formula is C44H42ClN7O3. The van der Waals surface area contributed by atoms with E-state index in [0.717, 1.165) is 77.2 Å². The van der Waals surface area contributed by atoms with Gasteiger partial charge in [0.25, 0.3) is 5.91 Å². The Morgan fingerprint density at radius 2 is 1.62 bits per heavy atom. The van der Waals surface area contributed by atoms with Crippen LogP contribution in [0.5, 0.6) is 0 Å². The summed E-state index contributed by atoms with van der Waals surface area (Å²) in [4.78, 5) is 43.4. The summed E-state index contributed by atoms with van der Waals surface area (Å²) in [7, 11) is 0. The van der Waals surface area contributed by atoms with E-state index in [1.54, 1.807) is 30.6 Å². The number of halogens is 1. The number of likely N-dealkylation sites (tertiary alicyclic amines) is 1. The molecule has 278 valence electrons. The molecular weight excluding hydrogens is 710 g/mol. The maximum Gasteiger partial charge on any atom is 0.251 e. The van der Waals surface area contributed by atoms with Crippen LogP contribution in [0.4, 0.5) is 5.69 Å². The number of nitrogens with zero attached hydrogens (tertiary/aromatic N) is 4. The van der Waals surface area contributed by atoms with E-state index in [9.17, 15) is 14.4 Å². The molecule has 3 amide bonds. The number of carbonyl (C=O) groups is 3.